The van der Waals surface area contributed by atoms with Gasteiger partial charge in [-0.25, -0.2) is 4.79 Å². The smallest absolute Gasteiger partial charge is 0.326 e. The van der Waals surface area contributed by atoms with Gasteiger partial charge in [0, 0.05) is 6.54 Å². The largest absolute Gasteiger partial charge is 0.481 e. The lowest BCUT2D eigenvalue weighted by Crippen LogP contribution is -2.57. The molecule has 0 fully saturated rings. The van der Waals surface area contributed by atoms with E-state index in [0.29, 0.717) is 6.42 Å². The van der Waals surface area contributed by atoms with Gasteiger partial charge >= 0.3 is 11.9 Å². The first-order chi connectivity index (χ1) is 16.6. The molecule has 4 unspecified atom stereocenters. The molecule has 0 heterocycles. The van der Waals surface area contributed by atoms with E-state index in [1.165, 1.54) is 0 Å². The maximum Gasteiger partial charge on any atom is 0.326 e. The van der Waals surface area contributed by atoms with Crippen molar-refractivity contribution in [1.82, 2.24) is 16.0 Å². The number of hydrogen-bond donors (Lipinski definition) is 8. The fraction of sp³-hybridized carbons (Fsp3) is 0.727. The molecule has 206 valence electrons. The molecule has 11 N–H and O–H groups in total. The second-order valence-electron chi connectivity index (χ2n) is 9.43. The summed E-state index contributed by atoms with van der Waals surface area (Å²) in [6.07, 6.45) is -0.00963. The number of hydrogen-bond acceptors (Lipinski definition) is 7. The number of nitrogens with zero attached hydrogens (tertiary/aromatic N) is 1. The lowest BCUT2D eigenvalue weighted by Gasteiger charge is -2.25. The van der Waals surface area contributed by atoms with E-state index < -0.39 is 60.2 Å². The van der Waals surface area contributed by atoms with Gasteiger partial charge in [-0.05, 0) is 37.5 Å². The molecule has 0 aromatic heterocycles. The topological polar surface area (TPSA) is 252 Å². The number of rotatable bonds is 17. The Bertz CT molecular complexity index is 798. The van der Waals surface area contributed by atoms with Gasteiger partial charge in [0.05, 0.1) is 12.5 Å². The second-order valence-corrected chi connectivity index (χ2v) is 9.43. The lowest BCUT2D eigenvalue weighted by atomic mass is 10.00. The van der Waals surface area contributed by atoms with Crippen molar-refractivity contribution in [3.63, 3.8) is 0 Å². The highest BCUT2D eigenvalue weighted by molar-refractivity contribution is 5.95. The first kappa shape index (κ1) is 32.6. The maximum atomic E-state index is 13.0. The molecule has 4 atom stereocenters. The monoisotopic (exact) mass is 515 g/mol. The Morgan fingerprint density at radius 3 is 1.75 bits per heavy atom. The van der Waals surface area contributed by atoms with Gasteiger partial charge in [0.15, 0.2) is 5.96 Å². The van der Waals surface area contributed by atoms with Crippen LogP contribution in [-0.2, 0) is 24.0 Å². The van der Waals surface area contributed by atoms with Crippen LogP contribution in [-0.4, -0.2) is 76.5 Å². The van der Waals surface area contributed by atoms with Crippen LogP contribution in [0.3, 0.4) is 0 Å². The Morgan fingerprint density at radius 2 is 1.28 bits per heavy atom. The van der Waals surface area contributed by atoms with Gasteiger partial charge in [0.2, 0.25) is 17.7 Å². The second kappa shape index (κ2) is 16.3. The normalized spacial score (nSPS) is 14.3. The molecular formula is C22H41N7O7. The van der Waals surface area contributed by atoms with E-state index in [-0.39, 0.29) is 43.6 Å². The molecule has 14 nitrogen and oxygen atoms in total. The maximum absolute atomic E-state index is 13.0. The summed E-state index contributed by atoms with van der Waals surface area (Å²) in [4.78, 5) is 64.8. The predicted octanol–water partition coefficient (Wildman–Crippen LogP) is -1.53. The summed E-state index contributed by atoms with van der Waals surface area (Å²) in [5.41, 5.74) is 16.3. The zero-order valence-electron chi connectivity index (χ0n) is 21.3. The summed E-state index contributed by atoms with van der Waals surface area (Å²) < 4.78 is 0. The van der Waals surface area contributed by atoms with Gasteiger partial charge in [-0.2, -0.15) is 0 Å². The molecule has 0 aromatic carbocycles. The van der Waals surface area contributed by atoms with Crippen LogP contribution >= 0.6 is 0 Å². The summed E-state index contributed by atoms with van der Waals surface area (Å²) in [5.74, 6) is -5.11. The fourth-order valence-electron chi connectivity index (χ4n) is 3.29. The molecule has 0 aliphatic carbocycles. The van der Waals surface area contributed by atoms with E-state index in [4.69, 9.17) is 17.2 Å². The Morgan fingerprint density at radius 1 is 0.778 bits per heavy atom. The number of carboxylic acids is 2. The molecular weight excluding hydrogens is 474 g/mol. The zero-order valence-corrected chi connectivity index (χ0v) is 21.3. The number of carboxylic acid groups (broad SMARTS) is 2. The molecule has 0 rings (SSSR count). The minimum atomic E-state index is -1.58. The van der Waals surface area contributed by atoms with Crippen LogP contribution in [0, 0.1) is 11.8 Å². The summed E-state index contributed by atoms with van der Waals surface area (Å²) in [6.45, 7) is 7.56. The third-order valence-corrected chi connectivity index (χ3v) is 4.97. The highest BCUT2D eigenvalue weighted by atomic mass is 16.4. The van der Waals surface area contributed by atoms with Crippen molar-refractivity contribution in [3.8, 4) is 0 Å². The van der Waals surface area contributed by atoms with Crippen molar-refractivity contribution in [1.29, 1.82) is 0 Å². The summed E-state index contributed by atoms with van der Waals surface area (Å²) in [5, 5.41) is 25.8. The first-order valence-corrected chi connectivity index (χ1v) is 11.8. The van der Waals surface area contributed by atoms with Crippen LogP contribution in [0.2, 0.25) is 0 Å². The van der Waals surface area contributed by atoms with E-state index in [0.717, 1.165) is 0 Å². The summed E-state index contributed by atoms with van der Waals surface area (Å²) >= 11 is 0. The van der Waals surface area contributed by atoms with E-state index in [1.807, 2.05) is 27.7 Å². The van der Waals surface area contributed by atoms with Crippen LogP contribution in [0.5, 0.6) is 0 Å². The lowest BCUT2D eigenvalue weighted by molar-refractivity contribution is -0.143. The van der Waals surface area contributed by atoms with Gasteiger partial charge < -0.3 is 43.4 Å². The molecule has 0 bridgehead atoms. The van der Waals surface area contributed by atoms with Crippen LogP contribution in [0.4, 0.5) is 0 Å². The van der Waals surface area contributed by atoms with Crippen molar-refractivity contribution in [3.05, 3.63) is 0 Å². The van der Waals surface area contributed by atoms with Crippen LogP contribution in [0.25, 0.3) is 0 Å². The van der Waals surface area contributed by atoms with Gasteiger partial charge in [0.25, 0.3) is 0 Å². The Kier molecular flexibility index (Phi) is 14.7. The van der Waals surface area contributed by atoms with Gasteiger partial charge in [-0.1, -0.05) is 27.7 Å². The molecule has 14 heteroatoms. The number of carbonyl (C=O) groups is 5. The number of carbonyl (C=O) groups excluding carboxylic acids is 3. The fourth-order valence-corrected chi connectivity index (χ4v) is 3.29. The Hall–Kier alpha value is -3.42. The minimum absolute atomic E-state index is 0.0317. The van der Waals surface area contributed by atoms with Crippen molar-refractivity contribution in [2.24, 2.45) is 34.0 Å². The van der Waals surface area contributed by atoms with Crippen LogP contribution in [0.15, 0.2) is 4.99 Å². The van der Waals surface area contributed by atoms with E-state index >= 15 is 0 Å². The average Bonchev–Trinajstić information content (AvgIpc) is 2.73. The summed E-state index contributed by atoms with van der Waals surface area (Å²) in [6, 6.07) is -4.86. The van der Waals surface area contributed by atoms with Gasteiger partial charge in [-0.3, -0.25) is 24.2 Å². The van der Waals surface area contributed by atoms with E-state index in [2.05, 4.69) is 20.9 Å². The number of nitrogens with two attached hydrogens (primary N) is 3. The number of aliphatic imine (C=N–C) groups is 1. The Balaban J connectivity index is 5.48. The first-order valence-electron chi connectivity index (χ1n) is 11.8. The average molecular weight is 516 g/mol. The third kappa shape index (κ3) is 14.1. The SMILES string of the molecule is CC(C)CC(N)C(=O)NC(CC(C)C)C(=O)NC(CC(=O)O)C(=O)NC(CCCN=C(N)N)C(=O)O. The molecule has 0 saturated heterocycles. The van der Waals surface area contributed by atoms with Crippen molar-refractivity contribution in [2.45, 2.75) is 84.0 Å². The highest BCUT2D eigenvalue weighted by Gasteiger charge is 2.32. The van der Waals surface area contributed by atoms with Crippen molar-refractivity contribution in [2.75, 3.05) is 6.54 Å². The molecule has 0 spiro atoms. The zero-order chi connectivity index (χ0) is 28.0. The van der Waals surface area contributed by atoms with E-state index in [9.17, 15) is 34.2 Å². The highest BCUT2D eigenvalue weighted by Crippen LogP contribution is 2.09. The molecule has 0 saturated carbocycles. The molecule has 0 aliphatic heterocycles. The summed E-state index contributed by atoms with van der Waals surface area (Å²) in [7, 11) is 0. The number of aliphatic carboxylic acids is 2. The molecule has 0 aromatic rings. The minimum Gasteiger partial charge on any atom is -0.481 e. The van der Waals surface area contributed by atoms with Gasteiger partial charge in [-0.15, -0.1) is 0 Å². The van der Waals surface area contributed by atoms with Crippen molar-refractivity contribution >= 4 is 35.6 Å². The Labute approximate surface area is 210 Å². The third-order valence-electron chi connectivity index (χ3n) is 4.97. The van der Waals surface area contributed by atoms with Crippen molar-refractivity contribution < 1.29 is 34.2 Å². The number of nitrogens with one attached hydrogen (secondary N) is 3. The molecule has 3 amide bonds. The van der Waals surface area contributed by atoms with Gasteiger partial charge in [0.1, 0.15) is 18.1 Å². The standard InChI is InChI=1S/C22H41N7O7/c1-11(2)8-13(23)18(32)28-15(9-12(3)4)19(33)29-16(10-17(30)31)20(34)27-14(21(35)36)6-5-7-26-22(24)25/h11-16H,5-10,23H2,1-4H3,(H,27,34)(H,28,32)(H,29,33)(H,30,31)(H,35,36)(H4,24,25,26). The quantitative estimate of drug-likeness (QED) is 0.0630. The number of guanidine groups is 1. The molecule has 36 heavy (non-hydrogen) atoms. The van der Waals surface area contributed by atoms with Crippen LogP contribution in [0.1, 0.15) is 59.8 Å². The van der Waals surface area contributed by atoms with Crippen LogP contribution < -0.4 is 33.2 Å². The van der Waals surface area contributed by atoms with E-state index in [1.54, 1.807) is 0 Å². The molecule has 0 radical (unpaired) electrons. The number of amides is 3. The molecule has 0 aliphatic rings. The predicted molar refractivity (Wildman–Crippen MR) is 132 cm³/mol.